The Morgan fingerprint density at radius 3 is 2.84 bits per heavy atom. The van der Waals surface area contributed by atoms with Crippen LogP contribution >= 0.6 is 11.3 Å². The Morgan fingerprint density at radius 2 is 2.21 bits per heavy atom. The minimum absolute atomic E-state index is 0.492. The van der Waals surface area contributed by atoms with Gasteiger partial charge in [-0.25, -0.2) is 4.98 Å². The van der Waals surface area contributed by atoms with Gasteiger partial charge in [0.25, 0.3) is 0 Å². The summed E-state index contributed by atoms with van der Waals surface area (Å²) < 4.78 is 5.39. The SMILES string of the molecule is COc1c(C)cc(C)cc1C=NNc1nc(N)cs1. The molecule has 19 heavy (non-hydrogen) atoms. The van der Waals surface area contributed by atoms with Crippen molar-refractivity contribution in [1.29, 1.82) is 0 Å². The summed E-state index contributed by atoms with van der Waals surface area (Å²) in [6.07, 6.45) is 1.72. The van der Waals surface area contributed by atoms with E-state index in [9.17, 15) is 0 Å². The summed E-state index contributed by atoms with van der Waals surface area (Å²) in [6, 6.07) is 4.10. The Kier molecular flexibility index (Phi) is 4.01. The van der Waals surface area contributed by atoms with Crippen molar-refractivity contribution in [1.82, 2.24) is 4.98 Å². The average molecular weight is 276 g/mol. The number of rotatable bonds is 4. The van der Waals surface area contributed by atoms with E-state index in [0.29, 0.717) is 10.9 Å². The molecule has 0 fully saturated rings. The van der Waals surface area contributed by atoms with Crippen molar-refractivity contribution in [2.45, 2.75) is 13.8 Å². The highest BCUT2D eigenvalue weighted by atomic mass is 32.1. The number of ether oxygens (including phenoxy) is 1. The van der Waals surface area contributed by atoms with Crippen molar-refractivity contribution in [3.8, 4) is 5.75 Å². The van der Waals surface area contributed by atoms with Crippen LogP contribution < -0.4 is 15.9 Å². The summed E-state index contributed by atoms with van der Waals surface area (Å²) in [5.41, 5.74) is 11.6. The summed E-state index contributed by atoms with van der Waals surface area (Å²) in [5, 5.41) is 6.58. The number of nitrogen functional groups attached to an aromatic ring is 1. The topological polar surface area (TPSA) is 72.5 Å². The zero-order valence-corrected chi connectivity index (χ0v) is 11.9. The first-order chi connectivity index (χ1) is 9.10. The van der Waals surface area contributed by atoms with Gasteiger partial charge in [-0.15, -0.1) is 11.3 Å². The zero-order chi connectivity index (χ0) is 13.8. The molecule has 0 amide bonds. The smallest absolute Gasteiger partial charge is 0.205 e. The number of hydrogen-bond acceptors (Lipinski definition) is 6. The van der Waals surface area contributed by atoms with Gasteiger partial charge >= 0.3 is 0 Å². The quantitative estimate of drug-likeness (QED) is 0.665. The van der Waals surface area contributed by atoms with E-state index in [2.05, 4.69) is 21.6 Å². The first-order valence-corrected chi connectivity index (χ1v) is 6.63. The highest BCUT2D eigenvalue weighted by Gasteiger charge is 2.05. The second-order valence-electron chi connectivity index (χ2n) is 4.15. The number of nitrogens with two attached hydrogens (primary N) is 1. The van der Waals surface area contributed by atoms with Gasteiger partial charge in [-0.05, 0) is 31.0 Å². The summed E-state index contributed by atoms with van der Waals surface area (Å²) in [4.78, 5) is 4.06. The van der Waals surface area contributed by atoms with E-state index in [1.54, 1.807) is 18.7 Å². The molecule has 6 heteroatoms. The third kappa shape index (κ3) is 3.23. The van der Waals surface area contributed by atoms with Crippen molar-refractivity contribution < 1.29 is 4.74 Å². The molecule has 0 radical (unpaired) electrons. The second kappa shape index (κ2) is 5.71. The fourth-order valence-electron chi connectivity index (χ4n) is 1.86. The highest BCUT2D eigenvalue weighted by Crippen LogP contribution is 2.23. The number of aromatic nitrogens is 1. The maximum absolute atomic E-state index is 5.53. The number of thiazole rings is 1. The van der Waals surface area contributed by atoms with Crippen LogP contribution in [0.4, 0.5) is 10.9 Å². The van der Waals surface area contributed by atoms with Crippen LogP contribution in [0.15, 0.2) is 22.6 Å². The summed E-state index contributed by atoms with van der Waals surface area (Å²) in [5.74, 6) is 1.32. The Labute approximate surface area is 116 Å². The number of hydrazone groups is 1. The standard InChI is InChI=1S/C13H16N4OS/c1-8-4-9(2)12(18-3)10(5-8)6-15-17-13-16-11(14)7-19-13/h4-7H,14H2,1-3H3,(H,16,17). The van der Waals surface area contributed by atoms with Gasteiger partial charge in [0.15, 0.2) is 0 Å². The number of hydrogen-bond donors (Lipinski definition) is 2. The van der Waals surface area contributed by atoms with E-state index < -0.39 is 0 Å². The average Bonchev–Trinajstić information content (AvgIpc) is 2.74. The molecule has 0 saturated heterocycles. The summed E-state index contributed by atoms with van der Waals surface area (Å²) in [7, 11) is 1.66. The lowest BCUT2D eigenvalue weighted by molar-refractivity contribution is 0.411. The molecule has 0 unspecified atom stereocenters. The van der Waals surface area contributed by atoms with Crippen LogP contribution in [-0.4, -0.2) is 18.3 Å². The Hall–Kier alpha value is -2.08. The lowest BCUT2D eigenvalue weighted by atomic mass is 10.1. The fourth-order valence-corrected chi connectivity index (χ4v) is 2.41. The van der Waals surface area contributed by atoms with E-state index in [1.807, 2.05) is 19.9 Å². The Bertz CT molecular complexity index is 607. The minimum Gasteiger partial charge on any atom is -0.496 e. The molecule has 0 aliphatic rings. The molecule has 1 aromatic carbocycles. The Balaban J connectivity index is 2.18. The van der Waals surface area contributed by atoms with Crippen molar-refractivity contribution in [3.05, 3.63) is 34.2 Å². The van der Waals surface area contributed by atoms with Gasteiger partial charge < -0.3 is 10.5 Å². The molecule has 0 aliphatic carbocycles. The molecule has 0 spiro atoms. The predicted molar refractivity (Wildman–Crippen MR) is 80.2 cm³/mol. The molecule has 5 nitrogen and oxygen atoms in total. The number of benzene rings is 1. The first-order valence-electron chi connectivity index (χ1n) is 5.75. The molecule has 3 N–H and O–H groups in total. The van der Waals surface area contributed by atoms with E-state index in [1.165, 1.54) is 16.9 Å². The van der Waals surface area contributed by atoms with Gasteiger partial charge in [-0.1, -0.05) is 6.07 Å². The number of aryl methyl sites for hydroxylation is 2. The predicted octanol–water partition coefficient (Wildman–Crippen LogP) is 2.80. The van der Waals surface area contributed by atoms with Crippen molar-refractivity contribution in [2.24, 2.45) is 5.10 Å². The van der Waals surface area contributed by atoms with Gasteiger partial charge in [0, 0.05) is 10.9 Å². The highest BCUT2D eigenvalue weighted by molar-refractivity contribution is 7.14. The normalized spacial score (nSPS) is 10.9. The van der Waals surface area contributed by atoms with E-state index in [0.717, 1.165) is 16.9 Å². The van der Waals surface area contributed by atoms with E-state index in [4.69, 9.17) is 10.5 Å². The van der Waals surface area contributed by atoms with Gasteiger partial charge in [0.05, 0.1) is 13.3 Å². The van der Waals surface area contributed by atoms with Crippen LogP contribution in [0.5, 0.6) is 5.75 Å². The van der Waals surface area contributed by atoms with Crippen molar-refractivity contribution >= 4 is 28.5 Å². The van der Waals surface area contributed by atoms with Crippen LogP contribution in [0, 0.1) is 13.8 Å². The molecule has 2 aromatic rings. The molecule has 0 aliphatic heterocycles. The van der Waals surface area contributed by atoms with Crippen LogP contribution in [-0.2, 0) is 0 Å². The lowest BCUT2D eigenvalue weighted by Crippen LogP contribution is -1.97. The third-order valence-electron chi connectivity index (χ3n) is 2.54. The Morgan fingerprint density at radius 1 is 1.42 bits per heavy atom. The van der Waals surface area contributed by atoms with E-state index in [-0.39, 0.29) is 0 Å². The van der Waals surface area contributed by atoms with Gasteiger partial charge in [0.2, 0.25) is 5.13 Å². The molecular weight excluding hydrogens is 260 g/mol. The summed E-state index contributed by atoms with van der Waals surface area (Å²) in [6.45, 7) is 4.05. The molecule has 0 saturated carbocycles. The van der Waals surface area contributed by atoms with E-state index >= 15 is 0 Å². The first kappa shape index (κ1) is 13.4. The number of anilines is 2. The molecule has 0 atom stereocenters. The monoisotopic (exact) mass is 276 g/mol. The third-order valence-corrected chi connectivity index (χ3v) is 3.30. The maximum atomic E-state index is 5.53. The lowest BCUT2D eigenvalue weighted by Gasteiger charge is -2.09. The zero-order valence-electron chi connectivity index (χ0n) is 11.1. The molecule has 100 valence electrons. The van der Waals surface area contributed by atoms with Gasteiger partial charge in [0.1, 0.15) is 11.6 Å². The molecular formula is C13H16N4OS. The maximum Gasteiger partial charge on any atom is 0.205 e. The minimum atomic E-state index is 0.492. The number of methoxy groups -OCH3 is 1. The van der Waals surface area contributed by atoms with Gasteiger partial charge in [-0.2, -0.15) is 5.10 Å². The molecule has 1 aromatic heterocycles. The largest absolute Gasteiger partial charge is 0.496 e. The van der Waals surface area contributed by atoms with Crippen molar-refractivity contribution in [2.75, 3.05) is 18.3 Å². The van der Waals surface area contributed by atoms with Crippen LogP contribution in [0.3, 0.4) is 0 Å². The second-order valence-corrected chi connectivity index (χ2v) is 5.01. The molecule has 0 bridgehead atoms. The number of nitrogens with zero attached hydrogens (tertiary/aromatic N) is 2. The fraction of sp³-hybridized carbons (Fsp3) is 0.231. The van der Waals surface area contributed by atoms with Crippen LogP contribution in [0.25, 0.3) is 0 Å². The van der Waals surface area contributed by atoms with Crippen LogP contribution in [0.2, 0.25) is 0 Å². The van der Waals surface area contributed by atoms with Crippen LogP contribution in [0.1, 0.15) is 16.7 Å². The summed E-state index contributed by atoms with van der Waals surface area (Å²) >= 11 is 1.41. The van der Waals surface area contributed by atoms with Gasteiger partial charge in [-0.3, -0.25) is 5.43 Å². The van der Waals surface area contributed by atoms with Crippen molar-refractivity contribution in [3.63, 3.8) is 0 Å². The number of nitrogens with one attached hydrogen (secondary N) is 1. The molecule has 1 heterocycles. The molecule has 2 rings (SSSR count).